The van der Waals surface area contributed by atoms with Crippen LogP contribution in [0.3, 0.4) is 0 Å². The Hall–Kier alpha value is -1.13. The minimum Gasteiger partial charge on any atom is -0.394 e. The molecule has 2 N–H and O–H groups in total. The van der Waals surface area contributed by atoms with E-state index in [0.717, 1.165) is 25.7 Å². The Labute approximate surface area is 167 Å². The number of rotatable bonds is 18. The molecule has 158 valence electrons. The Morgan fingerprint density at radius 3 is 2.07 bits per heavy atom. The first kappa shape index (κ1) is 25.9. The SMILES string of the molecule is CCCC/C(C)=C/CC/C=C(\C)CCCCCCC(=O)NCCOCCO. The monoisotopic (exact) mass is 381 g/mol. The highest BCUT2D eigenvalue weighted by Crippen LogP contribution is 2.13. The zero-order valence-electron chi connectivity index (χ0n) is 18.0. The molecule has 0 aromatic heterocycles. The molecule has 0 aliphatic carbocycles. The van der Waals surface area contributed by atoms with Gasteiger partial charge in [-0.05, 0) is 58.8 Å². The summed E-state index contributed by atoms with van der Waals surface area (Å²) in [6, 6.07) is 0. The topological polar surface area (TPSA) is 58.6 Å². The Kier molecular flexibility index (Phi) is 18.8. The fraction of sp³-hybridized carbons (Fsp3) is 0.783. The zero-order valence-corrected chi connectivity index (χ0v) is 18.0. The smallest absolute Gasteiger partial charge is 0.220 e. The van der Waals surface area contributed by atoms with Crippen LogP contribution in [0.2, 0.25) is 0 Å². The van der Waals surface area contributed by atoms with Gasteiger partial charge in [-0.1, -0.05) is 49.5 Å². The molecule has 4 nitrogen and oxygen atoms in total. The van der Waals surface area contributed by atoms with Gasteiger partial charge in [-0.3, -0.25) is 4.79 Å². The van der Waals surface area contributed by atoms with E-state index in [4.69, 9.17) is 9.84 Å². The third-order valence-corrected chi connectivity index (χ3v) is 4.61. The Morgan fingerprint density at radius 1 is 0.889 bits per heavy atom. The Balaban J connectivity index is 3.53. The summed E-state index contributed by atoms with van der Waals surface area (Å²) in [5.41, 5.74) is 3.03. The third kappa shape index (κ3) is 19.4. The third-order valence-electron chi connectivity index (χ3n) is 4.61. The van der Waals surface area contributed by atoms with E-state index < -0.39 is 0 Å². The number of aliphatic hydroxyl groups excluding tert-OH is 1. The quantitative estimate of drug-likeness (QED) is 0.250. The largest absolute Gasteiger partial charge is 0.394 e. The van der Waals surface area contributed by atoms with E-state index in [9.17, 15) is 4.79 Å². The number of nitrogens with one attached hydrogen (secondary N) is 1. The Morgan fingerprint density at radius 2 is 1.48 bits per heavy atom. The van der Waals surface area contributed by atoms with Crippen LogP contribution in [0.1, 0.15) is 91.4 Å². The minimum absolute atomic E-state index is 0.0262. The second kappa shape index (κ2) is 19.6. The van der Waals surface area contributed by atoms with Gasteiger partial charge in [0, 0.05) is 13.0 Å². The van der Waals surface area contributed by atoms with Crippen LogP contribution in [-0.2, 0) is 9.53 Å². The molecule has 0 aliphatic rings. The lowest BCUT2D eigenvalue weighted by atomic mass is 10.0. The molecule has 0 spiro atoms. The zero-order chi connectivity index (χ0) is 20.2. The molecule has 0 rings (SSSR count). The fourth-order valence-electron chi connectivity index (χ4n) is 2.88. The normalized spacial score (nSPS) is 12.4. The number of aliphatic hydroxyl groups is 1. The molecular weight excluding hydrogens is 338 g/mol. The molecule has 0 saturated carbocycles. The van der Waals surface area contributed by atoms with Crippen molar-refractivity contribution in [2.24, 2.45) is 0 Å². The van der Waals surface area contributed by atoms with E-state index in [-0.39, 0.29) is 12.5 Å². The van der Waals surface area contributed by atoms with Crippen LogP contribution in [0.15, 0.2) is 23.3 Å². The predicted octanol–water partition coefficient (Wildman–Crippen LogP) is 5.32. The summed E-state index contributed by atoms with van der Waals surface area (Å²) >= 11 is 0. The summed E-state index contributed by atoms with van der Waals surface area (Å²) in [7, 11) is 0. The van der Waals surface area contributed by atoms with Gasteiger partial charge < -0.3 is 15.2 Å². The number of hydrogen-bond donors (Lipinski definition) is 2. The van der Waals surface area contributed by atoms with Gasteiger partial charge >= 0.3 is 0 Å². The summed E-state index contributed by atoms with van der Waals surface area (Å²) in [6.45, 7) is 8.07. The van der Waals surface area contributed by atoms with Crippen molar-refractivity contribution >= 4 is 5.91 Å². The van der Waals surface area contributed by atoms with Crippen molar-refractivity contribution in [3.8, 4) is 0 Å². The first-order valence-electron chi connectivity index (χ1n) is 10.9. The maximum atomic E-state index is 11.6. The predicted molar refractivity (Wildman–Crippen MR) is 115 cm³/mol. The van der Waals surface area contributed by atoms with Crippen molar-refractivity contribution in [1.82, 2.24) is 5.32 Å². The van der Waals surface area contributed by atoms with Crippen LogP contribution in [0, 0.1) is 0 Å². The highest BCUT2D eigenvalue weighted by Gasteiger charge is 2.00. The molecule has 0 saturated heterocycles. The van der Waals surface area contributed by atoms with Gasteiger partial charge in [-0.2, -0.15) is 0 Å². The Bertz CT molecular complexity index is 416. The van der Waals surface area contributed by atoms with Gasteiger partial charge in [-0.15, -0.1) is 0 Å². The molecule has 0 radical (unpaired) electrons. The molecule has 0 aliphatic heterocycles. The molecule has 4 heteroatoms. The molecule has 0 bridgehead atoms. The summed E-state index contributed by atoms with van der Waals surface area (Å²) in [6.07, 6.45) is 17.1. The van der Waals surface area contributed by atoms with E-state index in [1.54, 1.807) is 0 Å². The molecule has 0 atom stereocenters. The van der Waals surface area contributed by atoms with Gasteiger partial charge in [0.2, 0.25) is 5.91 Å². The number of hydrogen-bond acceptors (Lipinski definition) is 3. The van der Waals surface area contributed by atoms with E-state index in [1.807, 2.05) is 0 Å². The van der Waals surface area contributed by atoms with Crippen molar-refractivity contribution in [2.75, 3.05) is 26.4 Å². The van der Waals surface area contributed by atoms with Crippen LogP contribution < -0.4 is 5.32 Å². The number of amides is 1. The second-order valence-electron chi connectivity index (χ2n) is 7.38. The number of carbonyl (C=O) groups excluding carboxylic acids is 1. The fourth-order valence-corrected chi connectivity index (χ4v) is 2.88. The first-order chi connectivity index (χ1) is 13.1. The van der Waals surface area contributed by atoms with Gasteiger partial charge in [0.15, 0.2) is 0 Å². The lowest BCUT2D eigenvalue weighted by Crippen LogP contribution is -2.27. The van der Waals surface area contributed by atoms with Crippen LogP contribution in [0.25, 0.3) is 0 Å². The van der Waals surface area contributed by atoms with Crippen LogP contribution in [-0.4, -0.2) is 37.4 Å². The van der Waals surface area contributed by atoms with E-state index in [2.05, 4.69) is 38.2 Å². The molecular formula is C23H43NO3. The molecule has 0 heterocycles. The molecule has 0 fully saturated rings. The van der Waals surface area contributed by atoms with Crippen molar-refractivity contribution in [3.63, 3.8) is 0 Å². The molecule has 0 aromatic rings. The maximum Gasteiger partial charge on any atom is 0.220 e. The van der Waals surface area contributed by atoms with E-state index in [0.29, 0.717) is 26.2 Å². The van der Waals surface area contributed by atoms with Crippen molar-refractivity contribution < 1.29 is 14.6 Å². The number of carbonyl (C=O) groups is 1. The first-order valence-corrected chi connectivity index (χ1v) is 10.9. The molecule has 27 heavy (non-hydrogen) atoms. The number of allylic oxidation sites excluding steroid dienone is 4. The van der Waals surface area contributed by atoms with E-state index >= 15 is 0 Å². The lowest BCUT2D eigenvalue weighted by Gasteiger charge is -2.06. The van der Waals surface area contributed by atoms with Crippen molar-refractivity contribution in [2.45, 2.75) is 91.4 Å². The highest BCUT2D eigenvalue weighted by molar-refractivity contribution is 5.75. The van der Waals surface area contributed by atoms with Crippen LogP contribution >= 0.6 is 0 Å². The lowest BCUT2D eigenvalue weighted by molar-refractivity contribution is -0.121. The van der Waals surface area contributed by atoms with Gasteiger partial charge in [0.25, 0.3) is 0 Å². The average Bonchev–Trinajstić information content (AvgIpc) is 2.66. The summed E-state index contributed by atoms with van der Waals surface area (Å²) in [5, 5.41) is 11.4. The van der Waals surface area contributed by atoms with Crippen molar-refractivity contribution in [1.29, 1.82) is 0 Å². The minimum atomic E-state index is 0.0262. The summed E-state index contributed by atoms with van der Waals surface area (Å²) in [4.78, 5) is 11.6. The molecule has 0 unspecified atom stereocenters. The van der Waals surface area contributed by atoms with E-state index in [1.165, 1.54) is 49.7 Å². The molecule has 1 amide bonds. The summed E-state index contributed by atoms with van der Waals surface area (Å²) < 4.78 is 5.10. The molecule has 0 aromatic carbocycles. The van der Waals surface area contributed by atoms with Gasteiger partial charge in [-0.25, -0.2) is 0 Å². The van der Waals surface area contributed by atoms with Crippen LogP contribution in [0.5, 0.6) is 0 Å². The van der Waals surface area contributed by atoms with Gasteiger partial charge in [0.1, 0.15) is 0 Å². The van der Waals surface area contributed by atoms with Gasteiger partial charge in [0.05, 0.1) is 19.8 Å². The maximum absolute atomic E-state index is 11.6. The van der Waals surface area contributed by atoms with Crippen LogP contribution in [0.4, 0.5) is 0 Å². The standard InChI is InChI=1S/C23H43NO3/c1-4-5-12-21(2)14-10-11-15-22(3)13-8-6-7-9-16-23(26)24-17-19-27-20-18-25/h14-15,25H,4-13,16-20H2,1-3H3,(H,24,26)/b21-14+,22-15+. The average molecular weight is 382 g/mol. The number of unbranched alkanes of at least 4 members (excludes halogenated alkanes) is 5. The summed E-state index contributed by atoms with van der Waals surface area (Å²) in [5.74, 6) is 0.0981. The number of ether oxygens (including phenoxy) is 1. The second-order valence-corrected chi connectivity index (χ2v) is 7.38. The highest BCUT2D eigenvalue weighted by atomic mass is 16.5. The van der Waals surface area contributed by atoms with Crippen molar-refractivity contribution in [3.05, 3.63) is 23.3 Å².